The van der Waals surface area contributed by atoms with Gasteiger partial charge in [-0.25, -0.2) is 0 Å². The molecule has 1 aliphatic heterocycles. The summed E-state index contributed by atoms with van der Waals surface area (Å²) in [5.41, 5.74) is 0. The van der Waals surface area contributed by atoms with Crippen molar-refractivity contribution in [1.82, 2.24) is 4.90 Å². The van der Waals surface area contributed by atoms with Crippen LogP contribution in [0.25, 0.3) is 0 Å². The quantitative estimate of drug-likeness (QED) is 0.525. The maximum atomic E-state index is 2.39. The molecule has 0 aromatic rings. The molecule has 1 rings (SSSR count). The highest BCUT2D eigenvalue weighted by Gasteiger charge is 2.02. The number of hydrogen-bond acceptors (Lipinski definition) is 1. The van der Waals surface area contributed by atoms with Gasteiger partial charge in [0.1, 0.15) is 0 Å². The van der Waals surface area contributed by atoms with Crippen molar-refractivity contribution in [2.45, 2.75) is 47.0 Å². The summed E-state index contributed by atoms with van der Waals surface area (Å²) in [6.07, 6.45) is 4.28. The van der Waals surface area contributed by atoms with Gasteiger partial charge in [-0.05, 0) is 33.0 Å². The van der Waals surface area contributed by atoms with Gasteiger partial charge < -0.3 is 4.90 Å². The fourth-order valence-corrected chi connectivity index (χ4v) is 1.05. The predicted octanol–water partition coefficient (Wildman–Crippen LogP) is 3.15. The van der Waals surface area contributed by atoms with Crippen LogP contribution in [0.3, 0.4) is 0 Å². The fourth-order valence-electron chi connectivity index (χ4n) is 1.05. The summed E-state index contributed by atoms with van der Waals surface area (Å²) in [5, 5.41) is 0. The van der Waals surface area contributed by atoms with E-state index < -0.39 is 0 Å². The molecule has 1 heterocycles. The van der Waals surface area contributed by atoms with Gasteiger partial charge in [-0.2, -0.15) is 0 Å². The third kappa shape index (κ3) is 9.96. The standard InChI is InChI=1S/C6H13N.2C2H6/c1-7-5-3-2-4-6-7;2*1-2/h2-6H2,1H3;2*1-2H3. The van der Waals surface area contributed by atoms with E-state index in [1.807, 2.05) is 27.7 Å². The number of nitrogens with zero attached hydrogens (tertiary/aromatic N) is 1. The van der Waals surface area contributed by atoms with Crippen molar-refractivity contribution in [2.24, 2.45) is 0 Å². The average Bonchev–Trinajstić information content (AvgIpc) is 2.13. The van der Waals surface area contributed by atoms with Crippen molar-refractivity contribution in [2.75, 3.05) is 20.1 Å². The maximum absolute atomic E-state index is 2.39. The monoisotopic (exact) mass is 159 g/mol. The van der Waals surface area contributed by atoms with Crippen LogP contribution < -0.4 is 0 Å². The third-order valence-corrected chi connectivity index (χ3v) is 1.58. The largest absolute Gasteiger partial charge is 0.306 e. The first-order valence-electron chi connectivity index (χ1n) is 5.08. The number of hydrogen-bond donors (Lipinski definition) is 0. The minimum absolute atomic E-state index is 1.32. The first-order valence-corrected chi connectivity index (χ1v) is 5.08. The number of likely N-dealkylation sites (tertiary alicyclic amines) is 1. The van der Waals surface area contributed by atoms with Crippen molar-refractivity contribution >= 4 is 0 Å². The van der Waals surface area contributed by atoms with Crippen molar-refractivity contribution in [1.29, 1.82) is 0 Å². The minimum atomic E-state index is 1.32. The Hall–Kier alpha value is -0.0400. The Morgan fingerprint density at radius 2 is 1.09 bits per heavy atom. The highest BCUT2D eigenvalue weighted by Crippen LogP contribution is 2.04. The molecule has 0 saturated carbocycles. The van der Waals surface area contributed by atoms with E-state index in [1.54, 1.807) is 0 Å². The van der Waals surface area contributed by atoms with Crippen LogP contribution in [-0.4, -0.2) is 25.0 Å². The molecule has 70 valence electrons. The molecule has 0 aliphatic carbocycles. The second-order valence-electron chi connectivity index (χ2n) is 2.36. The molecule has 0 radical (unpaired) electrons. The zero-order valence-corrected chi connectivity index (χ0v) is 8.98. The van der Waals surface area contributed by atoms with Gasteiger partial charge in [0, 0.05) is 0 Å². The molecule has 0 amide bonds. The first-order chi connectivity index (χ1) is 5.39. The van der Waals surface area contributed by atoms with E-state index in [0.717, 1.165) is 0 Å². The molecule has 0 aromatic heterocycles. The Kier molecular flexibility index (Phi) is 15.5. The summed E-state index contributed by atoms with van der Waals surface area (Å²) in [4.78, 5) is 2.39. The minimum Gasteiger partial charge on any atom is -0.306 e. The summed E-state index contributed by atoms with van der Waals surface area (Å²) in [6.45, 7) is 10.6. The Labute approximate surface area is 72.8 Å². The van der Waals surface area contributed by atoms with E-state index in [-0.39, 0.29) is 0 Å². The second-order valence-corrected chi connectivity index (χ2v) is 2.36. The van der Waals surface area contributed by atoms with Gasteiger partial charge in [0.2, 0.25) is 0 Å². The Balaban J connectivity index is 0. The number of rotatable bonds is 0. The topological polar surface area (TPSA) is 3.24 Å². The molecule has 0 unspecified atom stereocenters. The van der Waals surface area contributed by atoms with Crippen LogP contribution in [0.1, 0.15) is 47.0 Å². The smallest absolute Gasteiger partial charge is 0.00218 e. The zero-order chi connectivity index (χ0) is 9.11. The van der Waals surface area contributed by atoms with Gasteiger partial charge in [0.15, 0.2) is 0 Å². The van der Waals surface area contributed by atoms with E-state index >= 15 is 0 Å². The lowest BCUT2D eigenvalue weighted by molar-refractivity contribution is 0.277. The Bertz CT molecular complexity index is 46.8. The zero-order valence-electron chi connectivity index (χ0n) is 8.98. The van der Waals surface area contributed by atoms with Gasteiger partial charge in [-0.1, -0.05) is 34.1 Å². The summed E-state index contributed by atoms with van der Waals surface area (Å²) in [5.74, 6) is 0. The molecule has 0 aromatic carbocycles. The van der Waals surface area contributed by atoms with Crippen LogP contribution >= 0.6 is 0 Å². The molecule has 0 bridgehead atoms. The van der Waals surface area contributed by atoms with Crippen molar-refractivity contribution in [3.05, 3.63) is 0 Å². The molecule has 1 fully saturated rings. The first kappa shape index (κ1) is 13.5. The van der Waals surface area contributed by atoms with Crippen LogP contribution in [-0.2, 0) is 0 Å². The fraction of sp³-hybridized carbons (Fsp3) is 1.00. The van der Waals surface area contributed by atoms with Crippen LogP contribution in [0.5, 0.6) is 0 Å². The SMILES string of the molecule is CC.CC.CN1CCCCC1. The molecule has 0 atom stereocenters. The predicted molar refractivity (Wildman–Crippen MR) is 54.0 cm³/mol. The molecular weight excluding hydrogens is 134 g/mol. The lowest BCUT2D eigenvalue weighted by Crippen LogP contribution is -2.24. The molecule has 1 saturated heterocycles. The van der Waals surface area contributed by atoms with Gasteiger partial charge in [-0.3, -0.25) is 0 Å². The van der Waals surface area contributed by atoms with Gasteiger partial charge in [-0.15, -0.1) is 0 Å². The molecule has 1 heteroatoms. The van der Waals surface area contributed by atoms with Crippen molar-refractivity contribution in [3.63, 3.8) is 0 Å². The summed E-state index contributed by atoms with van der Waals surface area (Å²) >= 11 is 0. The van der Waals surface area contributed by atoms with Crippen molar-refractivity contribution in [3.8, 4) is 0 Å². The maximum Gasteiger partial charge on any atom is -0.00218 e. The molecule has 0 N–H and O–H groups in total. The van der Waals surface area contributed by atoms with Gasteiger partial charge in [0.25, 0.3) is 0 Å². The average molecular weight is 159 g/mol. The Morgan fingerprint density at radius 3 is 1.27 bits per heavy atom. The van der Waals surface area contributed by atoms with E-state index in [2.05, 4.69) is 11.9 Å². The normalized spacial score (nSPS) is 17.2. The highest BCUT2D eigenvalue weighted by molar-refractivity contribution is 4.58. The summed E-state index contributed by atoms with van der Waals surface area (Å²) < 4.78 is 0. The molecule has 0 spiro atoms. The van der Waals surface area contributed by atoms with E-state index in [9.17, 15) is 0 Å². The summed E-state index contributed by atoms with van der Waals surface area (Å²) in [6, 6.07) is 0. The van der Waals surface area contributed by atoms with Crippen LogP contribution in [0.4, 0.5) is 0 Å². The second kappa shape index (κ2) is 12.6. The van der Waals surface area contributed by atoms with E-state index in [1.165, 1.54) is 32.4 Å². The van der Waals surface area contributed by atoms with Crippen LogP contribution in [0.15, 0.2) is 0 Å². The lowest BCUT2D eigenvalue weighted by atomic mass is 10.1. The molecular formula is C10H25N. The molecule has 1 nitrogen and oxygen atoms in total. The van der Waals surface area contributed by atoms with E-state index in [4.69, 9.17) is 0 Å². The third-order valence-electron chi connectivity index (χ3n) is 1.58. The number of piperidine rings is 1. The van der Waals surface area contributed by atoms with Gasteiger partial charge in [0.05, 0.1) is 0 Å². The van der Waals surface area contributed by atoms with E-state index in [0.29, 0.717) is 0 Å². The Morgan fingerprint density at radius 1 is 0.727 bits per heavy atom. The lowest BCUT2D eigenvalue weighted by Gasteiger charge is -2.20. The molecule has 11 heavy (non-hydrogen) atoms. The van der Waals surface area contributed by atoms with Gasteiger partial charge >= 0.3 is 0 Å². The van der Waals surface area contributed by atoms with Crippen LogP contribution in [0.2, 0.25) is 0 Å². The van der Waals surface area contributed by atoms with Crippen LogP contribution in [0, 0.1) is 0 Å². The summed E-state index contributed by atoms with van der Waals surface area (Å²) in [7, 11) is 2.19. The molecule has 1 aliphatic rings. The van der Waals surface area contributed by atoms with Crippen molar-refractivity contribution < 1.29 is 0 Å². The highest BCUT2D eigenvalue weighted by atomic mass is 15.1.